The van der Waals surface area contributed by atoms with Gasteiger partial charge in [0.15, 0.2) is 5.65 Å². The number of aromatic amines is 1. The number of fused-ring (bicyclic) bond motifs is 1. The molecule has 0 aliphatic rings. The van der Waals surface area contributed by atoms with Crippen LogP contribution in [0.25, 0.3) is 17.0 Å². The van der Waals surface area contributed by atoms with Crippen LogP contribution in [0.5, 0.6) is 0 Å². The van der Waals surface area contributed by atoms with Crippen molar-refractivity contribution in [1.82, 2.24) is 24.3 Å². The van der Waals surface area contributed by atoms with E-state index in [2.05, 4.69) is 19.9 Å². The molecule has 3 rings (SSSR count). The topological polar surface area (TPSA) is 102 Å². The highest BCUT2D eigenvalue weighted by Crippen LogP contribution is 2.18. The number of H-pyrrole nitrogens is 1. The van der Waals surface area contributed by atoms with Crippen LogP contribution in [-0.2, 0) is 0 Å². The number of nitrogens with one attached hydrogen (secondary N) is 1. The van der Waals surface area contributed by atoms with Crippen molar-refractivity contribution in [2.75, 3.05) is 5.73 Å². The Morgan fingerprint density at radius 2 is 2.00 bits per heavy atom. The summed E-state index contributed by atoms with van der Waals surface area (Å²) in [4.78, 5) is 26.8. The molecule has 3 aromatic rings. The summed E-state index contributed by atoms with van der Waals surface area (Å²) in [7, 11) is 0. The number of nitrogens with zero attached hydrogens (tertiary/aromatic N) is 4. The molecule has 0 fully saturated rings. The van der Waals surface area contributed by atoms with Crippen LogP contribution in [0.4, 0.5) is 5.95 Å². The molecule has 0 aliphatic heterocycles. The van der Waals surface area contributed by atoms with Crippen LogP contribution in [-0.4, -0.2) is 24.3 Å². The van der Waals surface area contributed by atoms with Gasteiger partial charge in [0, 0.05) is 18.0 Å². The summed E-state index contributed by atoms with van der Waals surface area (Å²) < 4.78 is 1.40. The molecule has 0 unspecified atom stereocenters. The van der Waals surface area contributed by atoms with Gasteiger partial charge < -0.3 is 5.73 Å². The van der Waals surface area contributed by atoms with Gasteiger partial charge in [-0.2, -0.15) is 4.98 Å². The molecular formula is C11H10N6O. The van der Waals surface area contributed by atoms with Gasteiger partial charge in [-0.25, -0.2) is 14.2 Å². The molecule has 0 amide bonds. The number of pyridine rings is 1. The number of hydrogen-bond donors (Lipinski definition) is 2. The van der Waals surface area contributed by atoms with E-state index in [1.54, 1.807) is 31.5 Å². The van der Waals surface area contributed by atoms with Crippen molar-refractivity contribution in [3.05, 3.63) is 40.7 Å². The number of nitrogens with two attached hydrogens (primary N) is 1. The van der Waals surface area contributed by atoms with E-state index in [9.17, 15) is 4.79 Å². The van der Waals surface area contributed by atoms with Crippen molar-refractivity contribution >= 4 is 11.6 Å². The molecule has 0 saturated carbocycles. The Morgan fingerprint density at radius 1 is 1.28 bits per heavy atom. The fraction of sp³-hybridized carbons (Fsp3) is 0.0909. The summed E-state index contributed by atoms with van der Waals surface area (Å²) in [6, 6.07) is 3.56. The maximum Gasteiger partial charge on any atom is 0.335 e. The van der Waals surface area contributed by atoms with Crippen LogP contribution in [0.3, 0.4) is 0 Å². The highest BCUT2D eigenvalue weighted by atomic mass is 16.1. The highest BCUT2D eigenvalue weighted by molar-refractivity contribution is 5.62. The maximum absolute atomic E-state index is 11.9. The van der Waals surface area contributed by atoms with E-state index >= 15 is 0 Å². The maximum atomic E-state index is 11.9. The van der Waals surface area contributed by atoms with Crippen LogP contribution in [0.15, 0.2) is 29.3 Å². The summed E-state index contributed by atoms with van der Waals surface area (Å²) in [6.07, 6.45) is 3.29. The molecule has 18 heavy (non-hydrogen) atoms. The molecule has 0 atom stereocenters. The third-order valence-electron chi connectivity index (χ3n) is 2.62. The van der Waals surface area contributed by atoms with Gasteiger partial charge in [0.1, 0.15) is 5.82 Å². The van der Waals surface area contributed by atoms with Gasteiger partial charge in [-0.15, -0.1) is 0 Å². The molecule has 7 heteroatoms. The predicted octanol–water partition coefficient (Wildman–Crippen LogP) is 0.370. The van der Waals surface area contributed by atoms with Gasteiger partial charge in [0.2, 0.25) is 5.95 Å². The Bertz CT molecular complexity index is 773. The minimum atomic E-state index is -0.357. The second kappa shape index (κ2) is 3.66. The average molecular weight is 242 g/mol. The van der Waals surface area contributed by atoms with Crippen LogP contribution in [0.2, 0.25) is 0 Å². The van der Waals surface area contributed by atoms with E-state index in [-0.39, 0.29) is 11.6 Å². The molecule has 0 spiro atoms. The first kappa shape index (κ1) is 10.5. The molecule has 3 N–H and O–H groups in total. The van der Waals surface area contributed by atoms with E-state index in [0.717, 1.165) is 5.56 Å². The quantitative estimate of drug-likeness (QED) is 0.641. The number of aryl methyl sites for hydroxylation is 1. The van der Waals surface area contributed by atoms with Crippen LogP contribution >= 0.6 is 0 Å². The van der Waals surface area contributed by atoms with Gasteiger partial charge >= 0.3 is 5.69 Å². The van der Waals surface area contributed by atoms with Gasteiger partial charge in [-0.1, -0.05) is 0 Å². The van der Waals surface area contributed by atoms with Gasteiger partial charge in [-0.05, 0) is 19.1 Å². The fourth-order valence-electron chi connectivity index (χ4n) is 1.85. The number of hydrogen-bond acceptors (Lipinski definition) is 5. The van der Waals surface area contributed by atoms with Crippen LogP contribution < -0.4 is 11.4 Å². The second-order valence-electron chi connectivity index (χ2n) is 3.84. The van der Waals surface area contributed by atoms with Crippen molar-refractivity contribution in [3.63, 3.8) is 0 Å². The van der Waals surface area contributed by atoms with Gasteiger partial charge in [0.05, 0.1) is 5.69 Å². The molecule has 90 valence electrons. The number of rotatable bonds is 1. The lowest BCUT2D eigenvalue weighted by Crippen LogP contribution is -2.20. The minimum absolute atomic E-state index is 0.0804. The first-order valence-corrected chi connectivity index (χ1v) is 5.32. The standard InChI is InChI=1S/C11H10N6O/c1-6-8-15-10(12)16-11(18)17(8)9(14-6)7-2-4-13-5-3-7/h2-5H,1H3,(H3,12,15,16,18). The Labute approximate surface area is 101 Å². The monoisotopic (exact) mass is 242 g/mol. The van der Waals surface area contributed by atoms with Gasteiger partial charge in [0.25, 0.3) is 0 Å². The first-order chi connectivity index (χ1) is 8.66. The summed E-state index contributed by atoms with van der Waals surface area (Å²) in [5, 5.41) is 0. The molecular weight excluding hydrogens is 232 g/mol. The molecule has 7 nitrogen and oxygen atoms in total. The van der Waals surface area contributed by atoms with E-state index in [1.165, 1.54) is 4.40 Å². The van der Waals surface area contributed by atoms with Crippen LogP contribution in [0.1, 0.15) is 5.69 Å². The smallest absolute Gasteiger partial charge is 0.335 e. The lowest BCUT2D eigenvalue weighted by atomic mass is 10.2. The lowest BCUT2D eigenvalue weighted by molar-refractivity contribution is 0.964. The number of imidazole rings is 1. The third kappa shape index (κ3) is 1.45. The number of nitrogen functional groups attached to an aromatic ring is 1. The molecule has 0 radical (unpaired) electrons. The SMILES string of the molecule is Cc1nc(-c2ccncc2)n2c(=O)[nH]c(N)nc12. The molecule has 3 aromatic heterocycles. The zero-order chi connectivity index (χ0) is 12.7. The zero-order valence-electron chi connectivity index (χ0n) is 9.58. The highest BCUT2D eigenvalue weighted by Gasteiger charge is 2.14. The zero-order valence-corrected chi connectivity index (χ0v) is 9.58. The van der Waals surface area contributed by atoms with Crippen LogP contribution in [0, 0.1) is 6.92 Å². The van der Waals surface area contributed by atoms with E-state index in [0.29, 0.717) is 17.2 Å². The summed E-state index contributed by atoms with van der Waals surface area (Å²) >= 11 is 0. The Morgan fingerprint density at radius 3 is 2.72 bits per heavy atom. The third-order valence-corrected chi connectivity index (χ3v) is 2.62. The molecule has 0 aromatic carbocycles. The van der Waals surface area contributed by atoms with E-state index in [1.807, 2.05) is 0 Å². The lowest BCUT2D eigenvalue weighted by Gasteiger charge is -2.00. The first-order valence-electron chi connectivity index (χ1n) is 5.32. The summed E-state index contributed by atoms with van der Waals surface area (Å²) in [5.41, 5.74) is 7.08. The van der Waals surface area contributed by atoms with Crippen molar-refractivity contribution in [3.8, 4) is 11.4 Å². The van der Waals surface area contributed by atoms with E-state index < -0.39 is 0 Å². The minimum Gasteiger partial charge on any atom is -0.369 e. The normalized spacial score (nSPS) is 10.9. The Kier molecular flexibility index (Phi) is 2.12. The molecule has 3 heterocycles. The van der Waals surface area contributed by atoms with E-state index in [4.69, 9.17) is 5.73 Å². The average Bonchev–Trinajstić information content (AvgIpc) is 2.68. The molecule has 0 aliphatic carbocycles. The van der Waals surface area contributed by atoms with Crippen molar-refractivity contribution in [2.45, 2.75) is 6.92 Å². The number of aromatic nitrogens is 5. The molecule has 0 bridgehead atoms. The largest absolute Gasteiger partial charge is 0.369 e. The van der Waals surface area contributed by atoms with Gasteiger partial charge in [-0.3, -0.25) is 9.97 Å². The second-order valence-corrected chi connectivity index (χ2v) is 3.84. The van der Waals surface area contributed by atoms with Crippen molar-refractivity contribution in [1.29, 1.82) is 0 Å². The summed E-state index contributed by atoms with van der Waals surface area (Å²) in [6.45, 7) is 1.78. The fourth-order valence-corrected chi connectivity index (χ4v) is 1.85. The Hall–Kier alpha value is -2.70. The predicted molar refractivity (Wildman–Crippen MR) is 66.0 cm³/mol. The number of anilines is 1. The van der Waals surface area contributed by atoms with Crippen molar-refractivity contribution < 1.29 is 0 Å². The summed E-state index contributed by atoms with van der Waals surface area (Å²) in [5.74, 6) is 0.607. The molecule has 0 saturated heterocycles. The Balaban J connectivity index is 2.42. The van der Waals surface area contributed by atoms with Crippen molar-refractivity contribution in [2.24, 2.45) is 0 Å².